The molecule has 1 fully saturated rings. The van der Waals surface area contributed by atoms with Crippen molar-refractivity contribution in [1.29, 1.82) is 0 Å². The number of hydrogen-bond acceptors (Lipinski definition) is 2. The Balaban J connectivity index is 2.50. The Bertz CT molecular complexity index is 491. The highest BCUT2D eigenvalue weighted by atomic mass is 16.2. The fraction of sp³-hybridized carbons (Fsp3) is 0.500. The number of hydrogen-bond donors (Lipinski definition) is 0. The Morgan fingerprint density at radius 2 is 1.67 bits per heavy atom. The summed E-state index contributed by atoms with van der Waals surface area (Å²) in [5, 5.41) is 0. The first-order valence-corrected chi connectivity index (χ1v) is 6.59. The third kappa shape index (κ3) is 2.00. The molecule has 0 aliphatic heterocycles. The Hall–Kier alpha value is -1.44. The first kappa shape index (κ1) is 13.0. The lowest BCUT2D eigenvalue weighted by Gasteiger charge is -2.16. The van der Waals surface area contributed by atoms with Crippen LogP contribution in [0.5, 0.6) is 0 Å². The zero-order valence-corrected chi connectivity index (χ0v) is 11.5. The van der Waals surface area contributed by atoms with Crippen LogP contribution < -0.4 is 0 Å². The van der Waals surface area contributed by atoms with Crippen molar-refractivity contribution in [2.75, 3.05) is 0 Å². The van der Waals surface area contributed by atoms with E-state index < -0.39 is 5.92 Å². The van der Waals surface area contributed by atoms with Gasteiger partial charge in [-0.15, -0.1) is 0 Å². The molecule has 1 aromatic rings. The van der Waals surface area contributed by atoms with E-state index in [4.69, 9.17) is 0 Å². The number of aryl methyl sites for hydroxylation is 3. The lowest BCUT2D eigenvalue weighted by molar-refractivity contribution is -0.124. The number of carbonyl (C=O) groups excluding carboxylic acids is 2. The molecule has 96 valence electrons. The minimum Gasteiger partial charge on any atom is -0.298 e. The van der Waals surface area contributed by atoms with Crippen molar-refractivity contribution < 1.29 is 9.59 Å². The molecule has 0 radical (unpaired) electrons. The van der Waals surface area contributed by atoms with Gasteiger partial charge < -0.3 is 0 Å². The maximum absolute atomic E-state index is 12.3. The summed E-state index contributed by atoms with van der Waals surface area (Å²) in [7, 11) is 0. The molecule has 1 aliphatic rings. The van der Waals surface area contributed by atoms with Gasteiger partial charge in [0.15, 0.2) is 5.78 Å². The second-order valence-corrected chi connectivity index (χ2v) is 5.42. The fourth-order valence-corrected chi connectivity index (χ4v) is 3.15. The summed E-state index contributed by atoms with van der Waals surface area (Å²) in [6.45, 7) is 8.01. The summed E-state index contributed by atoms with van der Waals surface area (Å²) < 4.78 is 0. The Morgan fingerprint density at radius 1 is 1.11 bits per heavy atom. The van der Waals surface area contributed by atoms with Crippen LogP contribution in [-0.2, 0) is 9.59 Å². The van der Waals surface area contributed by atoms with E-state index in [1.807, 2.05) is 27.7 Å². The summed E-state index contributed by atoms with van der Waals surface area (Å²) in [5.74, 6) is -0.349. The Labute approximate surface area is 108 Å². The maximum Gasteiger partial charge on any atom is 0.151 e. The molecule has 0 saturated heterocycles. The lowest BCUT2D eigenvalue weighted by atomic mass is 9.86. The fourth-order valence-electron chi connectivity index (χ4n) is 3.15. The Kier molecular flexibility index (Phi) is 3.38. The van der Waals surface area contributed by atoms with E-state index in [0.717, 1.165) is 23.1 Å². The van der Waals surface area contributed by atoms with Gasteiger partial charge in [-0.1, -0.05) is 24.6 Å². The number of Topliss-reactive ketones (excluding diaryl/α,β-unsaturated/α-hetero) is 2. The molecular formula is C16H20O2. The van der Waals surface area contributed by atoms with Crippen LogP contribution in [0.3, 0.4) is 0 Å². The average Bonchev–Trinajstić information content (AvgIpc) is 2.55. The summed E-state index contributed by atoms with van der Waals surface area (Å²) in [5.41, 5.74) is 4.26. The van der Waals surface area contributed by atoms with Crippen molar-refractivity contribution in [3.8, 4) is 0 Å². The van der Waals surface area contributed by atoms with Crippen molar-refractivity contribution in [2.45, 2.75) is 46.5 Å². The van der Waals surface area contributed by atoms with Gasteiger partial charge >= 0.3 is 0 Å². The largest absolute Gasteiger partial charge is 0.298 e. The van der Waals surface area contributed by atoms with Crippen molar-refractivity contribution in [2.24, 2.45) is 5.92 Å². The van der Waals surface area contributed by atoms with Gasteiger partial charge in [-0.2, -0.15) is 0 Å². The molecule has 0 N–H and O–H groups in total. The van der Waals surface area contributed by atoms with Crippen molar-refractivity contribution in [3.63, 3.8) is 0 Å². The van der Waals surface area contributed by atoms with E-state index in [9.17, 15) is 9.59 Å². The van der Waals surface area contributed by atoms with Crippen LogP contribution in [0.1, 0.15) is 47.9 Å². The topological polar surface area (TPSA) is 34.1 Å². The van der Waals surface area contributed by atoms with Gasteiger partial charge in [0.25, 0.3) is 0 Å². The summed E-state index contributed by atoms with van der Waals surface area (Å²) in [6, 6.07) is 4.12. The highest BCUT2D eigenvalue weighted by Gasteiger charge is 2.42. The molecule has 0 amide bonds. The second-order valence-electron chi connectivity index (χ2n) is 5.42. The average molecular weight is 244 g/mol. The Morgan fingerprint density at radius 3 is 2.11 bits per heavy atom. The van der Waals surface area contributed by atoms with Crippen LogP contribution in [0.2, 0.25) is 0 Å². The predicted octanol–water partition coefficient (Wildman–Crippen LogP) is 3.26. The molecule has 1 aromatic carbocycles. The molecule has 18 heavy (non-hydrogen) atoms. The SMILES string of the molecule is CCC1CC(=O)C(c2c(C)cc(C)cc2C)C1=O. The normalized spacial score (nSPS) is 23.8. The van der Waals surface area contributed by atoms with E-state index >= 15 is 0 Å². The molecule has 2 rings (SSSR count). The van der Waals surface area contributed by atoms with Gasteiger partial charge in [0.05, 0.1) is 0 Å². The van der Waals surface area contributed by atoms with Gasteiger partial charge in [-0.3, -0.25) is 9.59 Å². The van der Waals surface area contributed by atoms with Gasteiger partial charge in [0.2, 0.25) is 0 Å². The van der Waals surface area contributed by atoms with Crippen molar-refractivity contribution in [3.05, 3.63) is 34.4 Å². The molecule has 2 heteroatoms. The standard InChI is InChI=1S/C16H20O2/c1-5-12-8-13(17)15(16(12)18)14-10(3)6-9(2)7-11(14)4/h6-7,12,15H,5,8H2,1-4H3. The van der Waals surface area contributed by atoms with Crippen LogP contribution >= 0.6 is 0 Å². The predicted molar refractivity (Wildman–Crippen MR) is 71.8 cm³/mol. The molecule has 1 saturated carbocycles. The third-order valence-corrected chi connectivity index (χ3v) is 3.98. The maximum atomic E-state index is 12.3. The van der Waals surface area contributed by atoms with Gasteiger partial charge in [0, 0.05) is 12.3 Å². The quantitative estimate of drug-likeness (QED) is 0.748. The summed E-state index contributed by atoms with van der Waals surface area (Å²) in [6.07, 6.45) is 1.19. The van der Waals surface area contributed by atoms with Crippen LogP contribution in [0.4, 0.5) is 0 Å². The van der Waals surface area contributed by atoms with E-state index in [2.05, 4.69) is 12.1 Å². The van der Waals surface area contributed by atoms with Crippen LogP contribution in [0.15, 0.2) is 12.1 Å². The number of carbonyl (C=O) groups is 2. The van der Waals surface area contributed by atoms with Gasteiger partial charge in [0.1, 0.15) is 11.7 Å². The summed E-state index contributed by atoms with van der Waals surface area (Å²) >= 11 is 0. The molecule has 2 atom stereocenters. The molecule has 0 aromatic heterocycles. The van der Waals surface area contributed by atoms with Crippen LogP contribution in [-0.4, -0.2) is 11.6 Å². The molecule has 0 heterocycles. The molecule has 2 unspecified atom stereocenters. The number of rotatable bonds is 2. The second kappa shape index (κ2) is 4.68. The van der Waals surface area contributed by atoms with Crippen LogP contribution in [0, 0.1) is 26.7 Å². The van der Waals surface area contributed by atoms with E-state index in [1.54, 1.807) is 0 Å². The molecule has 0 bridgehead atoms. The van der Waals surface area contributed by atoms with Crippen LogP contribution in [0.25, 0.3) is 0 Å². The number of benzene rings is 1. The molecule has 0 spiro atoms. The van der Waals surface area contributed by atoms with Gasteiger partial charge in [-0.25, -0.2) is 0 Å². The lowest BCUT2D eigenvalue weighted by Crippen LogP contribution is -2.17. The smallest absolute Gasteiger partial charge is 0.151 e. The van der Waals surface area contributed by atoms with E-state index in [-0.39, 0.29) is 17.5 Å². The van der Waals surface area contributed by atoms with Crippen molar-refractivity contribution in [1.82, 2.24) is 0 Å². The monoisotopic (exact) mass is 244 g/mol. The zero-order valence-electron chi connectivity index (χ0n) is 11.5. The molecule has 1 aliphatic carbocycles. The minimum absolute atomic E-state index is 0.0670. The first-order chi connectivity index (χ1) is 8.45. The highest BCUT2D eigenvalue weighted by molar-refractivity contribution is 6.14. The van der Waals surface area contributed by atoms with Gasteiger partial charge in [-0.05, 0) is 43.9 Å². The first-order valence-electron chi connectivity index (χ1n) is 6.59. The number of ketones is 2. The zero-order chi connectivity index (χ0) is 13.4. The van der Waals surface area contributed by atoms with Crippen molar-refractivity contribution >= 4 is 11.6 Å². The highest BCUT2D eigenvalue weighted by Crippen LogP contribution is 2.37. The third-order valence-electron chi connectivity index (χ3n) is 3.98. The van der Waals surface area contributed by atoms with E-state index in [0.29, 0.717) is 6.42 Å². The molecule has 2 nitrogen and oxygen atoms in total. The molecular weight excluding hydrogens is 224 g/mol. The summed E-state index contributed by atoms with van der Waals surface area (Å²) in [4.78, 5) is 24.4. The van der Waals surface area contributed by atoms with E-state index in [1.165, 1.54) is 5.56 Å². The minimum atomic E-state index is -0.504.